The number of carboxylic acid groups (broad SMARTS) is 1. The maximum atomic E-state index is 10.8. The van der Waals surface area contributed by atoms with Gasteiger partial charge >= 0.3 is 5.97 Å². The van der Waals surface area contributed by atoms with E-state index in [4.69, 9.17) is 5.11 Å². The van der Waals surface area contributed by atoms with Gasteiger partial charge < -0.3 is 9.67 Å². The molecule has 2 rings (SSSR count). The molecule has 1 aromatic carbocycles. The number of rotatable bonds is 8. The molecule has 0 amide bonds. The SMILES string of the molecule is CCCCCC(C)n1c(SCC(=O)O)nc2ccccc21. The summed E-state index contributed by atoms with van der Waals surface area (Å²) in [4.78, 5) is 15.4. The number of benzene rings is 1. The monoisotopic (exact) mass is 306 g/mol. The largest absolute Gasteiger partial charge is 0.481 e. The van der Waals surface area contributed by atoms with E-state index in [-0.39, 0.29) is 5.75 Å². The molecule has 0 aliphatic rings. The summed E-state index contributed by atoms with van der Waals surface area (Å²) in [5, 5.41) is 9.70. The standard InChI is InChI=1S/C16H22N2O2S/c1-3-4-5-8-12(2)18-14-10-7-6-9-13(14)17-16(18)21-11-15(19)20/h6-7,9-10,12H,3-5,8,11H2,1-2H3,(H,19,20). The van der Waals surface area contributed by atoms with E-state index in [1.54, 1.807) is 0 Å². The van der Waals surface area contributed by atoms with Crippen LogP contribution >= 0.6 is 11.8 Å². The average Bonchev–Trinajstić information content (AvgIpc) is 2.83. The van der Waals surface area contributed by atoms with Crippen molar-refractivity contribution < 1.29 is 9.90 Å². The van der Waals surface area contributed by atoms with E-state index in [0.717, 1.165) is 22.6 Å². The number of imidazole rings is 1. The lowest BCUT2D eigenvalue weighted by Crippen LogP contribution is -2.08. The van der Waals surface area contributed by atoms with Crippen molar-refractivity contribution in [2.24, 2.45) is 0 Å². The highest BCUT2D eigenvalue weighted by atomic mass is 32.2. The Morgan fingerprint density at radius 3 is 2.86 bits per heavy atom. The number of hydrogen-bond donors (Lipinski definition) is 1. The maximum Gasteiger partial charge on any atom is 0.313 e. The normalized spacial score (nSPS) is 12.7. The number of carboxylic acids is 1. The molecule has 2 aromatic rings. The summed E-state index contributed by atoms with van der Waals surface area (Å²) in [5.41, 5.74) is 2.03. The van der Waals surface area contributed by atoms with E-state index < -0.39 is 5.97 Å². The first-order valence-corrected chi connectivity index (χ1v) is 8.43. The summed E-state index contributed by atoms with van der Waals surface area (Å²) in [5.74, 6) is -0.761. The predicted octanol–water partition coefficient (Wildman–Crippen LogP) is 4.35. The molecule has 0 bridgehead atoms. The Morgan fingerprint density at radius 1 is 1.38 bits per heavy atom. The molecule has 114 valence electrons. The molecule has 0 aliphatic heterocycles. The molecule has 0 aliphatic carbocycles. The van der Waals surface area contributed by atoms with Gasteiger partial charge in [0.05, 0.1) is 16.8 Å². The average molecular weight is 306 g/mol. The van der Waals surface area contributed by atoms with Gasteiger partial charge in [-0.05, 0) is 25.5 Å². The fraction of sp³-hybridized carbons (Fsp3) is 0.500. The fourth-order valence-electron chi connectivity index (χ4n) is 2.50. The second kappa shape index (κ2) is 7.50. The molecule has 0 fully saturated rings. The van der Waals surface area contributed by atoms with Crippen molar-refractivity contribution in [3.63, 3.8) is 0 Å². The fourth-order valence-corrected chi connectivity index (χ4v) is 3.33. The van der Waals surface area contributed by atoms with Crippen LogP contribution in [-0.4, -0.2) is 26.4 Å². The summed E-state index contributed by atoms with van der Waals surface area (Å²) in [7, 11) is 0. The Bertz CT molecular complexity index is 609. The number of hydrogen-bond acceptors (Lipinski definition) is 3. The summed E-state index contributed by atoms with van der Waals surface area (Å²) in [6.45, 7) is 4.39. The molecular formula is C16H22N2O2S. The highest BCUT2D eigenvalue weighted by Gasteiger charge is 2.16. The number of nitrogens with zero attached hydrogens (tertiary/aromatic N) is 2. The van der Waals surface area contributed by atoms with Crippen LogP contribution in [0.15, 0.2) is 29.4 Å². The van der Waals surface area contributed by atoms with Crippen LogP contribution in [0.3, 0.4) is 0 Å². The smallest absolute Gasteiger partial charge is 0.313 e. The Hall–Kier alpha value is -1.49. The molecule has 1 heterocycles. The van der Waals surface area contributed by atoms with Crippen molar-refractivity contribution >= 4 is 28.8 Å². The summed E-state index contributed by atoms with van der Waals surface area (Å²) in [6, 6.07) is 8.34. The minimum absolute atomic E-state index is 0.0466. The third-order valence-electron chi connectivity index (χ3n) is 3.55. The van der Waals surface area contributed by atoms with Crippen LogP contribution in [0.4, 0.5) is 0 Å². The van der Waals surface area contributed by atoms with Gasteiger partial charge in [-0.2, -0.15) is 0 Å². The molecule has 0 spiro atoms. The molecule has 1 N–H and O–H groups in total. The second-order valence-electron chi connectivity index (χ2n) is 5.28. The van der Waals surface area contributed by atoms with Crippen molar-refractivity contribution in [2.45, 2.75) is 50.7 Å². The molecule has 0 saturated heterocycles. The van der Waals surface area contributed by atoms with E-state index >= 15 is 0 Å². The van der Waals surface area contributed by atoms with Gasteiger partial charge in [-0.1, -0.05) is 50.1 Å². The Balaban J connectivity index is 2.28. The first kappa shape index (κ1) is 15.9. The van der Waals surface area contributed by atoms with Gasteiger partial charge in [-0.25, -0.2) is 4.98 Å². The quantitative estimate of drug-likeness (QED) is 0.582. The zero-order valence-corrected chi connectivity index (χ0v) is 13.4. The van der Waals surface area contributed by atoms with E-state index in [0.29, 0.717) is 6.04 Å². The number of carbonyl (C=O) groups is 1. The number of thioether (sulfide) groups is 1. The molecule has 1 atom stereocenters. The van der Waals surface area contributed by atoms with Gasteiger partial charge in [0.15, 0.2) is 5.16 Å². The number of fused-ring (bicyclic) bond motifs is 1. The summed E-state index contributed by atoms with van der Waals surface area (Å²) >= 11 is 1.30. The lowest BCUT2D eigenvalue weighted by molar-refractivity contribution is -0.133. The zero-order valence-electron chi connectivity index (χ0n) is 12.6. The minimum Gasteiger partial charge on any atom is -0.481 e. The van der Waals surface area contributed by atoms with Crippen LogP contribution in [0.1, 0.15) is 45.6 Å². The Morgan fingerprint density at radius 2 is 2.14 bits per heavy atom. The lowest BCUT2D eigenvalue weighted by atomic mass is 10.1. The van der Waals surface area contributed by atoms with Gasteiger partial charge in [0.1, 0.15) is 0 Å². The summed E-state index contributed by atoms with van der Waals surface area (Å²) in [6.07, 6.45) is 4.72. The van der Waals surface area contributed by atoms with Gasteiger partial charge in [0, 0.05) is 6.04 Å². The van der Waals surface area contributed by atoms with E-state index in [2.05, 4.69) is 29.5 Å². The van der Waals surface area contributed by atoms with Crippen molar-refractivity contribution in [3.8, 4) is 0 Å². The van der Waals surface area contributed by atoms with Crippen LogP contribution in [0.5, 0.6) is 0 Å². The van der Waals surface area contributed by atoms with Crippen molar-refractivity contribution in [2.75, 3.05) is 5.75 Å². The lowest BCUT2D eigenvalue weighted by Gasteiger charge is -2.17. The van der Waals surface area contributed by atoms with Crippen LogP contribution in [0.25, 0.3) is 11.0 Å². The Kier molecular flexibility index (Phi) is 5.67. The van der Waals surface area contributed by atoms with Gasteiger partial charge in [-0.3, -0.25) is 4.79 Å². The van der Waals surface area contributed by atoms with Gasteiger partial charge in [-0.15, -0.1) is 0 Å². The number of aromatic nitrogens is 2. The van der Waals surface area contributed by atoms with Gasteiger partial charge in [0.2, 0.25) is 0 Å². The second-order valence-corrected chi connectivity index (χ2v) is 6.22. The zero-order chi connectivity index (χ0) is 15.2. The number of unbranched alkanes of at least 4 members (excludes halogenated alkanes) is 2. The number of para-hydroxylation sites is 2. The third kappa shape index (κ3) is 4.00. The first-order valence-electron chi connectivity index (χ1n) is 7.45. The third-order valence-corrected chi connectivity index (χ3v) is 4.49. The van der Waals surface area contributed by atoms with Crippen LogP contribution in [-0.2, 0) is 4.79 Å². The van der Waals surface area contributed by atoms with Crippen LogP contribution in [0.2, 0.25) is 0 Å². The first-order chi connectivity index (χ1) is 10.1. The molecule has 21 heavy (non-hydrogen) atoms. The molecular weight excluding hydrogens is 284 g/mol. The minimum atomic E-state index is -0.808. The van der Waals surface area contributed by atoms with Crippen molar-refractivity contribution in [1.29, 1.82) is 0 Å². The molecule has 0 saturated carbocycles. The predicted molar refractivity (Wildman–Crippen MR) is 86.9 cm³/mol. The maximum absolute atomic E-state index is 10.8. The molecule has 1 unspecified atom stereocenters. The highest BCUT2D eigenvalue weighted by molar-refractivity contribution is 7.99. The van der Waals surface area contributed by atoms with E-state index in [1.807, 2.05) is 18.2 Å². The van der Waals surface area contributed by atoms with E-state index in [1.165, 1.54) is 31.0 Å². The van der Waals surface area contributed by atoms with Crippen molar-refractivity contribution in [1.82, 2.24) is 9.55 Å². The van der Waals surface area contributed by atoms with Crippen molar-refractivity contribution in [3.05, 3.63) is 24.3 Å². The van der Waals surface area contributed by atoms with Crippen LogP contribution in [0, 0.1) is 0 Å². The Labute approximate surface area is 129 Å². The molecule has 5 heteroatoms. The number of aliphatic carboxylic acids is 1. The summed E-state index contributed by atoms with van der Waals surface area (Å²) < 4.78 is 2.19. The van der Waals surface area contributed by atoms with Gasteiger partial charge in [0.25, 0.3) is 0 Å². The molecule has 1 aromatic heterocycles. The van der Waals surface area contributed by atoms with Crippen LogP contribution < -0.4 is 0 Å². The van der Waals surface area contributed by atoms with E-state index in [9.17, 15) is 4.79 Å². The topological polar surface area (TPSA) is 55.1 Å². The molecule has 4 nitrogen and oxygen atoms in total. The molecule has 0 radical (unpaired) electrons. The highest BCUT2D eigenvalue weighted by Crippen LogP contribution is 2.29.